The van der Waals surface area contributed by atoms with E-state index in [0.29, 0.717) is 0 Å². The Labute approximate surface area is 140 Å². The number of cyclic esters (lactones) is 1. The van der Waals surface area contributed by atoms with Gasteiger partial charge in [-0.2, -0.15) is 0 Å². The summed E-state index contributed by atoms with van der Waals surface area (Å²) in [7, 11) is 0. The van der Waals surface area contributed by atoms with Crippen LogP contribution in [0.25, 0.3) is 0 Å². The zero-order valence-electron chi connectivity index (χ0n) is 13.0. The molecule has 2 N–H and O–H groups in total. The highest BCUT2D eigenvalue weighted by molar-refractivity contribution is 6.00. The van der Waals surface area contributed by atoms with E-state index in [2.05, 4.69) is 10.3 Å². The van der Waals surface area contributed by atoms with Crippen molar-refractivity contribution in [2.75, 3.05) is 13.3 Å². The number of nitrogens with one attached hydrogen (secondary N) is 1. The summed E-state index contributed by atoms with van der Waals surface area (Å²) in [6, 6.07) is 0. The van der Waals surface area contributed by atoms with E-state index in [4.69, 9.17) is 4.74 Å². The number of dihydropyridines is 1. The number of alkyl halides is 2. The van der Waals surface area contributed by atoms with Crippen LogP contribution in [-0.2, 0) is 14.3 Å². The molecule has 0 radical (unpaired) electrons. The monoisotopic (exact) mass is 354 g/mol. The van der Waals surface area contributed by atoms with E-state index in [0.717, 1.165) is 19.3 Å². The number of rotatable bonds is 4. The minimum absolute atomic E-state index is 0.107. The molecular weight excluding hydrogens is 341 g/mol. The quantitative estimate of drug-likeness (QED) is 0.805. The highest BCUT2D eigenvalue weighted by Crippen LogP contribution is 2.43. The summed E-state index contributed by atoms with van der Waals surface area (Å²) in [5.41, 5.74) is -1.31. The molecule has 0 amide bonds. The van der Waals surface area contributed by atoms with E-state index in [1.165, 1.54) is 0 Å². The maximum atomic E-state index is 14.1. The van der Waals surface area contributed by atoms with Crippen LogP contribution in [0.15, 0.2) is 34.9 Å². The van der Waals surface area contributed by atoms with Crippen LogP contribution in [0.2, 0.25) is 0 Å². The van der Waals surface area contributed by atoms with Crippen molar-refractivity contribution in [3.8, 4) is 0 Å². The van der Waals surface area contributed by atoms with E-state index in [1.54, 1.807) is 0 Å². The van der Waals surface area contributed by atoms with Gasteiger partial charge in [-0.1, -0.05) is 0 Å². The highest BCUT2D eigenvalue weighted by atomic mass is 19.1. The fraction of sp³-hybridized carbons (Fsp3) is 0.312. The maximum Gasteiger partial charge on any atom is 0.337 e. The molecule has 0 spiro atoms. The van der Waals surface area contributed by atoms with E-state index >= 15 is 0 Å². The first-order chi connectivity index (χ1) is 11.9. The minimum atomic E-state index is -1.79. The summed E-state index contributed by atoms with van der Waals surface area (Å²) in [5.74, 6) is -4.71. The van der Waals surface area contributed by atoms with Crippen LogP contribution in [0.4, 0.5) is 13.2 Å². The summed E-state index contributed by atoms with van der Waals surface area (Å²) in [5, 5.41) is 12.1. The second kappa shape index (κ2) is 6.23. The van der Waals surface area contributed by atoms with Crippen molar-refractivity contribution in [1.82, 2.24) is 10.3 Å². The number of carbonyl (C=O) groups excluding carboxylic acids is 1. The molecule has 0 saturated carbocycles. The Morgan fingerprint density at radius 2 is 2.24 bits per heavy atom. The number of nitrogens with zero attached hydrogens (tertiary/aromatic N) is 1. The number of halogens is 3. The van der Waals surface area contributed by atoms with Gasteiger partial charge in [0.05, 0.1) is 34.7 Å². The van der Waals surface area contributed by atoms with E-state index in [1.807, 2.05) is 0 Å². The number of esters is 1. The van der Waals surface area contributed by atoms with Crippen LogP contribution in [0.1, 0.15) is 30.1 Å². The van der Waals surface area contributed by atoms with Crippen molar-refractivity contribution < 1.29 is 32.6 Å². The lowest BCUT2D eigenvalue weighted by molar-refractivity contribution is -0.136. The lowest BCUT2D eigenvalue weighted by Gasteiger charge is -2.28. The van der Waals surface area contributed by atoms with Crippen molar-refractivity contribution in [3.05, 3.63) is 51.9 Å². The molecule has 2 aliphatic rings. The normalized spacial score (nSPS) is 21.0. The van der Waals surface area contributed by atoms with Gasteiger partial charge in [0.25, 0.3) is 0 Å². The smallest absolute Gasteiger partial charge is 0.337 e. The molecule has 0 aromatic carbocycles. The Hall–Kier alpha value is -2.84. The van der Waals surface area contributed by atoms with Gasteiger partial charge in [-0.25, -0.2) is 22.8 Å². The summed E-state index contributed by atoms with van der Waals surface area (Å²) < 4.78 is 46.4. The third-order valence-electron chi connectivity index (χ3n) is 4.14. The number of carboxylic acids is 1. The lowest BCUT2D eigenvalue weighted by Crippen LogP contribution is -2.32. The zero-order chi connectivity index (χ0) is 18.3. The Bertz CT molecular complexity index is 833. The van der Waals surface area contributed by atoms with Crippen LogP contribution in [-0.4, -0.2) is 35.3 Å². The summed E-state index contributed by atoms with van der Waals surface area (Å²) >= 11 is 0. The van der Waals surface area contributed by atoms with Gasteiger partial charge in [-0.05, 0) is 12.5 Å². The molecule has 0 saturated heterocycles. The van der Waals surface area contributed by atoms with Crippen LogP contribution in [0.3, 0.4) is 0 Å². The number of carbonyl (C=O) groups is 2. The molecule has 132 valence electrons. The van der Waals surface area contributed by atoms with Crippen molar-refractivity contribution in [2.24, 2.45) is 0 Å². The van der Waals surface area contributed by atoms with Gasteiger partial charge in [0.1, 0.15) is 25.3 Å². The largest absolute Gasteiger partial charge is 0.478 e. The van der Waals surface area contributed by atoms with Crippen LogP contribution in [0.5, 0.6) is 0 Å². The first kappa shape index (κ1) is 17.0. The molecule has 2 atom stereocenters. The molecule has 9 heteroatoms. The van der Waals surface area contributed by atoms with Crippen LogP contribution >= 0.6 is 0 Å². The van der Waals surface area contributed by atoms with Crippen molar-refractivity contribution in [1.29, 1.82) is 0 Å². The fourth-order valence-corrected chi connectivity index (χ4v) is 3.16. The standard InChI is InChI=1S/C16H13F3N2O4/c1-6(18)11-7(3-20-4-8(11)19)12-13(15(22)23)9(2-17)21-10-5-25-16(24)14(10)12/h3-4,6,12,21H,2,5H2,1H3,(H,22,23)/t6-,12?/m1/s1. The summed E-state index contributed by atoms with van der Waals surface area (Å²) in [6.45, 7) is -0.290. The number of carboxylic acid groups (broad SMARTS) is 1. The van der Waals surface area contributed by atoms with Gasteiger partial charge >= 0.3 is 11.9 Å². The van der Waals surface area contributed by atoms with Gasteiger partial charge in [-0.15, -0.1) is 0 Å². The maximum absolute atomic E-state index is 14.1. The summed E-state index contributed by atoms with van der Waals surface area (Å²) in [4.78, 5) is 27.4. The predicted molar refractivity (Wildman–Crippen MR) is 78.2 cm³/mol. The molecule has 0 aliphatic carbocycles. The average Bonchev–Trinajstić information content (AvgIpc) is 2.93. The van der Waals surface area contributed by atoms with Crippen molar-refractivity contribution >= 4 is 11.9 Å². The van der Waals surface area contributed by atoms with Crippen LogP contribution < -0.4 is 5.32 Å². The third kappa shape index (κ3) is 2.65. The molecule has 25 heavy (non-hydrogen) atoms. The van der Waals surface area contributed by atoms with Gasteiger partial charge in [0.2, 0.25) is 0 Å². The van der Waals surface area contributed by atoms with Crippen molar-refractivity contribution in [2.45, 2.75) is 19.0 Å². The van der Waals surface area contributed by atoms with Gasteiger partial charge in [-0.3, -0.25) is 4.98 Å². The predicted octanol–water partition coefficient (Wildman–Crippen LogP) is 2.06. The second-order valence-corrected chi connectivity index (χ2v) is 5.60. The van der Waals surface area contributed by atoms with Gasteiger partial charge < -0.3 is 15.2 Å². The van der Waals surface area contributed by atoms with Crippen LogP contribution in [0, 0.1) is 5.82 Å². The second-order valence-electron chi connectivity index (χ2n) is 5.60. The average molecular weight is 354 g/mol. The number of pyridine rings is 1. The zero-order valence-corrected chi connectivity index (χ0v) is 13.0. The molecule has 1 aromatic heterocycles. The number of hydrogen-bond acceptors (Lipinski definition) is 5. The molecule has 0 bridgehead atoms. The van der Waals surface area contributed by atoms with E-state index < -0.39 is 47.7 Å². The molecule has 1 unspecified atom stereocenters. The number of allylic oxidation sites excluding steroid dienone is 1. The topological polar surface area (TPSA) is 88.5 Å². The van der Waals surface area contributed by atoms with Gasteiger partial charge in [0, 0.05) is 11.8 Å². The molecule has 6 nitrogen and oxygen atoms in total. The number of aliphatic carboxylic acids is 1. The first-order valence-electron chi connectivity index (χ1n) is 7.33. The minimum Gasteiger partial charge on any atom is -0.478 e. The molecule has 2 aliphatic heterocycles. The number of hydrogen-bond donors (Lipinski definition) is 2. The molecule has 3 heterocycles. The molecular formula is C16H13F3N2O4. The molecule has 0 fully saturated rings. The molecule has 3 rings (SSSR count). The summed E-state index contributed by atoms with van der Waals surface area (Å²) in [6.07, 6.45) is 0.0797. The highest BCUT2D eigenvalue weighted by Gasteiger charge is 2.43. The SMILES string of the molecule is C[C@@H](F)c1c(F)cncc1C1C(C(=O)O)=C(CF)NC2=C1C(=O)OC2. The third-order valence-corrected chi connectivity index (χ3v) is 4.14. The van der Waals surface area contributed by atoms with E-state index in [-0.39, 0.29) is 29.1 Å². The van der Waals surface area contributed by atoms with Gasteiger partial charge in [0.15, 0.2) is 0 Å². The Kier molecular flexibility index (Phi) is 4.23. The Morgan fingerprint density at radius 3 is 2.84 bits per heavy atom. The number of ether oxygens (including phenoxy) is 1. The lowest BCUT2D eigenvalue weighted by atomic mass is 9.79. The first-order valence-corrected chi connectivity index (χ1v) is 7.33. The fourth-order valence-electron chi connectivity index (χ4n) is 3.16. The number of aromatic nitrogens is 1. The molecule has 1 aromatic rings. The Balaban J connectivity index is 2.31. The van der Waals surface area contributed by atoms with E-state index in [9.17, 15) is 27.9 Å². The van der Waals surface area contributed by atoms with Crippen molar-refractivity contribution in [3.63, 3.8) is 0 Å². The Morgan fingerprint density at radius 1 is 1.52 bits per heavy atom.